The summed E-state index contributed by atoms with van der Waals surface area (Å²) < 4.78 is 0. The van der Waals surface area contributed by atoms with Crippen LogP contribution in [0, 0.1) is 19.8 Å². The van der Waals surface area contributed by atoms with Crippen LogP contribution in [-0.2, 0) is 0 Å². The molecule has 2 rings (SSSR count). The molecule has 1 aromatic rings. The summed E-state index contributed by atoms with van der Waals surface area (Å²) in [6, 6.07) is 7.54. The summed E-state index contributed by atoms with van der Waals surface area (Å²) in [4.78, 5) is 0. The van der Waals surface area contributed by atoms with Gasteiger partial charge in [0.1, 0.15) is 0 Å². The lowest BCUT2D eigenvalue weighted by molar-refractivity contribution is 0.160. The molecule has 1 aliphatic rings. The third kappa shape index (κ3) is 2.47. The Balaban J connectivity index is 2.09. The maximum Gasteiger partial charge on any atom is 0.0107 e. The van der Waals surface area contributed by atoms with Crippen LogP contribution in [0.25, 0.3) is 0 Å². The van der Waals surface area contributed by atoms with Crippen LogP contribution in [-0.4, -0.2) is 12.6 Å². The first-order chi connectivity index (χ1) is 8.69. The molecule has 0 amide bonds. The number of nitrogens with one attached hydrogen (secondary N) is 1. The van der Waals surface area contributed by atoms with Crippen molar-refractivity contribution >= 4 is 0 Å². The van der Waals surface area contributed by atoms with E-state index in [1.54, 1.807) is 5.56 Å². The molecule has 1 aromatic carbocycles. The second-order valence-electron chi connectivity index (χ2n) is 5.76. The van der Waals surface area contributed by atoms with Gasteiger partial charge in [-0.1, -0.05) is 38.5 Å². The highest BCUT2D eigenvalue weighted by Crippen LogP contribution is 2.45. The molecule has 0 radical (unpaired) electrons. The van der Waals surface area contributed by atoms with Gasteiger partial charge in [0.15, 0.2) is 0 Å². The minimum absolute atomic E-state index is 0.750. The Morgan fingerprint density at radius 1 is 1.22 bits per heavy atom. The van der Waals surface area contributed by atoms with E-state index in [1.807, 2.05) is 0 Å². The predicted octanol–water partition coefficient (Wildman–Crippen LogP) is 4.19. The second kappa shape index (κ2) is 5.88. The summed E-state index contributed by atoms with van der Waals surface area (Å²) in [6.45, 7) is 10.3. The molecule has 3 unspecified atom stereocenters. The topological polar surface area (TPSA) is 12.0 Å². The van der Waals surface area contributed by atoms with Crippen molar-refractivity contribution in [3.05, 3.63) is 34.9 Å². The van der Waals surface area contributed by atoms with Crippen LogP contribution in [0.15, 0.2) is 18.2 Å². The van der Waals surface area contributed by atoms with Crippen molar-refractivity contribution in [3.8, 4) is 0 Å². The lowest BCUT2D eigenvalue weighted by Gasteiger charge is -2.46. The summed E-state index contributed by atoms with van der Waals surface area (Å²) in [6.07, 6.45) is 3.85. The average Bonchev–Trinajstić information content (AvgIpc) is 2.33. The first-order valence-electron chi connectivity index (χ1n) is 7.48. The van der Waals surface area contributed by atoms with Crippen molar-refractivity contribution < 1.29 is 0 Å². The first-order valence-corrected chi connectivity index (χ1v) is 7.48. The van der Waals surface area contributed by atoms with E-state index in [9.17, 15) is 0 Å². The van der Waals surface area contributed by atoms with E-state index in [1.165, 1.54) is 36.9 Å². The van der Waals surface area contributed by atoms with Gasteiger partial charge in [0, 0.05) is 6.04 Å². The zero-order valence-corrected chi connectivity index (χ0v) is 12.3. The predicted molar refractivity (Wildman–Crippen MR) is 79.1 cm³/mol. The van der Waals surface area contributed by atoms with Crippen molar-refractivity contribution in [2.24, 2.45) is 5.92 Å². The molecule has 1 N–H and O–H groups in total. The number of aryl methyl sites for hydroxylation is 1. The summed E-state index contributed by atoms with van der Waals surface area (Å²) in [7, 11) is 0. The van der Waals surface area contributed by atoms with Gasteiger partial charge in [0.05, 0.1) is 0 Å². The van der Waals surface area contributed by atoms with Crippen LogP contribution >= 0.6 is 0 Å². The first kappa shape index (κ1) is 13.6. The van der Waals surface area contributed by atoms with Crippen LogP contribution < -0.4 is 5.32 Å². The summed E-state index contributed by atoms with van der Waals surface area (Å²) in [5.74, 6) is 1.61. The highest BCUT2D eigenvalue weighted by Gasteiger charge is 2.40. The van der Waals surface area contributed by atoms with E-state index < -0.39 is 0 Å². The zero-order valence-electron chi connectivity index (χ0n) is 12.3. The van der Waals surface area contributed by atoms with E-state index in [2.05, 4.69) is 51.2 Å². The lowest BCUT2D eigenvalue weighted by Crippen LogP contribution is -2.49. The summed E-state index contributed by atoms with van der Waals surface area (Å²) in [5.41, 5.74) is 4.54. The Morgan fingerprint density at radius 2 is 2.00 bits per heavy atom. The molecule has 1 saturated carbocycles. The maximum absolute atomic E-state index is 3.70. The average molecular weight is 245 g/mol. The number of hydrogen-bond donors (Lipinski definition) is 1. The molecular weight excluding hydrogens is 218 g/mol. The van der Waals surface area contributed by atoms with E-state index >= 15 is 0 Å². The van der Waals surface area contributed by atoms with E-state index in [-0.39, 0.29) is 0 Å². The Bertz CT molecular complexity index is 397. The molecule has 1 aliphatic carbocycles. The highest BCUT2D eigenvalue weighted by atomic mass is 14.9. The lowest BCUT2D eigenvalue weighted by atomic mass is 9.64. The molecule has 0 spiro atoms. The molecule has 100 valence electrons. The third-order valence-electron chi connectivity index (χ3n) is 4.72. The maximum atomic E-state index is 3.70. The van der Waals surface area contributed by atoms with E-state index in [0.29, 0.717) is 0 Å². The molecule has 0 aromatic heterocycles. The highest BCUT2D eigenvalue weighted by molar-refractivity contribution is 5.37. The zero-order chi connectivity index (χ0) is 13.1. The number of hydrogen-bond acceptors (Lipinski definition) is 1. The molecule has 0 bridgehead atoms. The van der Waals surface area contributed by atoms with Gasteiger partial charge >= 0.3 is 0 Å². The van der Waals surface area contributed by atoms with Crippen molar-refractivity contribution in [1.29, 1.82) is 0 Å². The van der Waals surface area contributed by atoms with Gasteiger partial charge in [-0.25, -0.2) is 0 Å². The van der Waals surface area contributed by atoms with Gasteiger partial charge in [0.2, 0.25) is 0 Å². The van der Waals surface area contributed by atoms with Gasteiger partial charge in [-0.3, -0.25) is 0 Å². The third-order valence-corrected chi connectivity index (χ3v) is 4.72. The van der Waals surface area contributed by atoms with Gasteiger partial charge in [-0.05, 0) is 61.8 Å². The summed E-state index contributed by atoms with van der Waals surface area (Å²) >= 11 is 0. The van der Waals surface area contributed by atoms with Gasteiger partial charge in [-0.15, -0.1) is 0 Å². The molecular formula is C17H27N. The van der Waals surface area contributed by atoms with Crippen LogP contribution in [0.2, 0.25) is 0 Å². The van der Waals surface area contributed by atoms with Crippen molar-refractivity contribution in [3.63, 3.8) is 0 Å². The Kier molecular flexibility index (Phi) is 4.45. The van der Waals surface area contributed by atoms with Crippen LogP contribution in [0.4, 0.5) is 0 Å². The largest absolute Gasteiger partial charge is 0.314 e. The molecule has 3 atom stereocenters. The Hall–Kier alpha value is -0.820. The second-order valence-corrected chi connectivity index (χ2v) is 5.76. The molecule has 0 aliphatic heterocycles. The normalized spacial score (nSPS) is 27.0. The smallest absolute Gasteiger partial charge is 0.0107 e. The Morgan fingerprint density at radius 3 is 2.67 bits per heavy atom. The van der Waals surface area contributed by atoms with Crippen molar-refractivity contribution in [2.45, 2.75) is 58.9 Å². The molecule has 18 heavy (non-hydrogen) atoms. The molecule has 1 fully saturated rings. The van der Waals surface area contributed by atoms with Crippen LogP contribution in [0.1, 0.15) is 55.7 Å². The molecule has 1 heteroatoms. The molecule has 0 saturated heterocycles. The standard InChI is InChI=1S/C17H27N/c1-5-10-18-17-11-16(14(17)6-2)15-9-7-8-12(3)13(15)4/h7-9,14,16-18H,5-6,10-11H2,1-4H3. The monoisotopic (exact) mass is 245 g/mol. The van der Waals surface area contributed by atoms with E-state index in [4.69, 9.17) is 0 Å². The SMILES string of the molecule is CCCNC1CC(c2cccc(C)c2C)C1CC. The Labute approximate surface area is 112 Å². The van der Waals surface area contributed by atoms with Gasteiger partial charge in [-0.2, -0.15) is 0 Å². The quantitative estimate of drug-likeness (QED) is 0.820. The summed E-state index contributed by atoms with van der Waals surface area (Å²) in [5, 5.41) is 3.70. The minimum Gasteiger partial charge on any atom is -0.314 e. The molecule has 0 heterocycles. The van der Waals surface area contributed by atoms with Crippen LogP contribution in [0.5, 0.6) is 0 Å². The van der Waals surface area contributed by atoms with E-state index in [0.717, 1.165) is 17.9 Å². The number of rotatable bonds is 5. The molecule has 1 nitrogen and oxygen atoms in total. The van der Waals surface area contributed by atoms with Gasteiger partial charge < -0.3 is 5.32 Å². The number of benzene rings is 1. The van der Waals surface area contributed by atoms with Crippen molar-refractivity contribution in [2.75, 3.05) is 6.54 Å². The van der Waals surface area contributed by atoms with Gasteiger partial charge in [0.25, 0.3) is 0 Å². The fourth-order valence-electron chi connectivity index (χ4n) is 3.37. The fraction of sp³-hybridized carbons (Fsp3) is 0.647. The minimum atomic E-state index is 0.750. The fourth-order valence-corrected chi connectivity index (χ4v) is 3.37. The van der Waals surface area contributed by atoms with Crippen molar-refractivity contribution in [1.82, 2.24) is 5.32 Å². The van der Waals surface area contributed by atoms with Crippen LogP contribution in [0.3, 0.4) is 0 Å².